The van der Waals surface area contributed by atoms with Crippen LogP contribution in [0.2, 0.25) is 0 Å². The maximum absolute atomic E-state index is 12.2. The van der Waals surface area contributed by atoms with Crippen LogP contribution >= 0.6 is 0 Å². The zero-order chi connectivity index (χ0) is 15.5. The molecule has 1 heterocycles. The van der Waals surface area contributed by atoms with E-state index in [0.717, 1.165) is 22.6 Å². The molecule has 1 amide bonds. The van der Waals surface area contributed by atoms with Crippen molar-refractivity contribution >= 4 is 17.7 Å². The van der Waals surface area contributed by atoms with Crippen molar-refractivity contribution in [2.45, 2.75) is 6.92 Å². The Bertz CT molecular complexity index is 737. The number of hydrogen-bond donors (Lipinski definition) is 0. The predicted molar refractivity (Wildman–Crippen MR) is 86.2 cm³/mol. The SMILES string of the molecule is Cc1cccc(N(C)C(=O)C=Cc2ccc3c(c2)OCO3)c1. The molecule has 0 unspecified atom stereocenters. The van der Waals surface area contributed by atoms with Gasteiger partial charge in [0.15, 0.2) is 11.5 Å². The smallest absolute Gasteiger partial charge is 0.250 e. The maximum atomic E-state index is 12.2. The molecule has 0 spiro atoms. The number of benzene rings is 2. The summed E-state index contributed by atoms with van der Waals surface area (Å²) < 4.78 is 10.6. The summed E-state index contributed by atoms with van der Waals surface area (Å²) in [5.41, 5.74) is 2.90. The van der Waals surface area contributed by atoms with Crippen molar-refractivity contribution in [2.24, 2.45) is 0 Å². The molecule has 0 aromatic heterocycles. The number of hydrogen-bond acceptors (Lipinski definition) is 3. The van der Waals surface area contributed by atoms with Crippen LogP contribution < -0.4 is 14.4 Å². The molecule has 1 aliphatic rings. The van der Waals surface area contributed by atoms with Crippen LogP contribution in [0.4, 0.5) is 5.69 Å². The fraction of sp³-hybridized carbons (Fsp3) is 0.167. The summed E-state index contributed by atoms with van der Waals surface area (Å²) in [4.78, 5) is 13.9. The van der Waals surface area contributed by atoms with E-state index in [1.54, 1.807) is 24.1 Å². The van der Waals surface area contributed by atoms with E-state index in [1.807, 2.05) is 49.4 Å². The van der Waals surface area contributed by atoms with Crippen molar-refractivity contribution in [3.8, 4) is 11.5 Å². The molecule has 0 aliphatic carbocycles. The Kier molecular flexibility index (Phi) is 3.83. The lowest BCUT2D eigenvalue weighted by atomic mass is 10.2. The monoisotopic (exact) mass is 295 g/mol. The van der Waals surface area contributed by atoms with Gasteiger partial charge in [-0.2, -0.15) is 0 Å². The van der Waals surface area contributed by atoms with E-state index in [-0.39, 0.29) is 12.7 Å². The Morgan fingerprint density at radius 1 is 1.14 bits per heavy atom. The minimum absolute atomic E-state index is 0.0803. The van der Waals surface area contributed by atoms with Gasteiger partial charge in [0, 0.05) is 18.8 Å². The van der Waals surface area contributed by atoms with Gasteiger partial charge in [-0.05, 0) is 48.4 Å². The Morgan fingerprint density at radius 2 is 1.95 bits per heavy atom. The van der Waals surface area contributed by atoms with Gasteiger partial charge in [0.05, 0.1) is 0 Å². The number of rotatable bonds is 3. The largest absolute Gasteiger partial charge is 0.454 e. The third-order valence-electron chi connectivity index (χ3n) is 3.53. The van der Waals surface area contributed by atoms with Crippen LogP contribution in [0.1, 0.15) is 11.1 Å². The molecule has 112 valence electrons. The van der Waals surface area contributed by atoms with Crippen LogP contribution in [0.5, 0.6) is 11.5 Å². The minimum atomic E-state index is -0.0803. The molecule has 2 aromatic rings. The molecule has 22 heavy (non-hydrogen) atoms. The number of carbonyl (C=O) groups is 1. The van der Waals surface area contributed by atoms with Gasteiger partial charge in [-0.1, -0.05) is 18.2 Å². The topological polar surface area (TPSA) is 38.8 Å². The summed E-state index contributed by atoms with van der Waals surface area (Å²) in [6.45, 7) is 2.25. The van der Waals surface area contributed by atoms with E-state index < -0.39 is 0 Å². The molecule has 0 radical (unpaired) electrons. The summed E-state index contributed by atoms with van der Waals surface area (Å²) in [7, 11) is 1.76. The molecule has 0 saturated heterocycles. The standard InChI is InChI=1S/C18H17NO3/c1-13-4-3-5-15(10-13)19(2)18(20)9-7-14-6-8-16-17(11-14)22-12-21-16/h3-11H,12H2,1-2H3. The predicted octanol–water partition coefficient (Wildman–Crippen LogP) is 3.40. The Labute approximate surface area is 129 Å². The van der Waals surface area contributed by atoms with Crippen LogP contribution in [0.25, 0.3) is 6.08 Å². The second kappa shape index (κ2) is 5.93. The van der Waals surface area contributed by atoms with Crippen LogP contribution in [0, 0.1) is 6.92 Å². The fourth-order valence-electron chi connectivity index (χ4n) is 2.26. The van der Waals surface area contributed by atoms with Gasteiger partial charge in [0.2, 0.25) is 6.79 Å². The van der Waals surface area contributed by atoms with E-state index in [1.165, 1.54) is 0 Å². The summed E-state index contributed by atoms with van der Waals surface area (Å²) >= 11 is 0. The van der Waals surface area contributed by atoms with Gasteiger partial charge < -0.3 is 14.4 Å². The van der Waals surface area contributed by atoms with Crippen molar-refractivity contribution < 1.29 is 14.3 Å². The van der Waals surface area contributed by atoms with Crippen molar-refractivity contribution in [2.75, 3.05) is 18.7 Å². The average molecular weight is 295 g/mol. The molecular formula is C18H17NO3. The van der Waals surface area contributed by atoms with Crippen molar-refractivity contribution in [1.82, 2.24) is 0 Å². The molecule has 2 aromatic carbocycles. The van der Waals surface area contributed by atoms with Gasteiger partial charge >= 0.3 is 0 Å². The number of likely N-dealkylation sites (N-methyl/N-ethyl adjacent to an activating group) is 1. The van der Waals surface area contributed by atoms with Crippen LogP contribution in [-0.2, 0) is 4.79 Å². The maximum Gasteiger partial charge on any atom is 0.250 e. The first-order valence-corrected chi connectivity index (χ1v) is 7.05. The number of carbonyl (C=O) groups excluding carboxylic acids is 1. The number of anilines is 1. The van der Waals surface area contributed by atoms with Crippen LogP contribution in [0.3, 0.4) is 0 Å². The van der Waals surface area contributed by atoms with Crippen LogP contribution in [0.15, 0.2) is 48.5 Å². The third kappa shape index (κ3) is 2.96. The highest BCUT2D eigenvalue weighted by Crippen LogP contribution is 2.32. The molecule has 0 bridgehead atoms. The highest BCUT2D eigenvalue weighted by Gasteiger charge is 2.12. The first-order chi connectivity index (χ1) is 10.6. The molecule has 3 rings (SSSR count). The Balaban J connectivity index is 1.73. The van der Waals surface area contributed by atoms with Gasteiger partial charge in [0.25, 0.3) is 5.91 Å². The first-order valence-electron chi connectivity index (χ1n) is 7.05. The second-order valence-electron chi connectivity index (χ2n) is 5.18. The number of amides is 1. The Hall–Kier alpha value is -2.75. The summed E-state index contributed by atoms with van der Waals surface area (Å²) in [6, 6.07) is 13.4. The lowest BCUT2D eigenvalue weighted by molar-refractivity contribution is -0.113. The van der Waals surface area contributed by atoms with Crippen molar-refractivity contribution in [3.05, 3.63) is 59.7 Å². The summed E-state index contributed by atoms with van der Waals surface area (Å²) in [5.74, 6) is 1.37. The highest BCUT2D eigenvalue weighted by atomic mass is 16.7. The van der Waals surface area contributed by atoms with Gasteiger partial charge in [-0.15, -0.1) is 0 Å². The summed E-state index contributed by atoms with van der Waals surface area (Å²) in [5, 5.41) is 0. The molecule has 0 saturated carbocycles. The van der Waals surface area contributed by atoms with Gasteiger partial charge in [-0.3, -0.25) is 4.79 Å². The quantitative estimate of drug-likeness (QED) is 0.815. The van der Waals surface area contributed by atoms with E-state index in [4.69, 9.17) is 9.47 Å². The molecule has 4 nitrogen and oxygen atoms in total. The van der Waals surface area contributed by atoms with E-state index in [2.05, 4.69) is 0 Å². The second-order valence-corrected chi connectivity index (χ2v) is 5.18. The lowest BCUT2D eigenvalue weighted by Crippen LogP contribution is -2.23. The van der Waals surface area contributed by atoms with Crippen LogP contribution in [-0.4, -0.2) is 19.7 Å². The molecule has 0 N–H and O–H groups in total. The number of fused-ring (bicyclic) bond motifs is 1. The van der Waals surface area contributed by atoms with E-state index >= 15 is 0 Å². The molecule has 0 fully saturated rings. The average Bonchev–Trinajstić information content (AvgIpc) is 2.99. The minimum Gasteiger partial charge on any atom is -0.454 e. The lowest BCUT2D eigenvalue weighted by Gasteiger charge is -2.15. The number of nitrogens with zero attached hydrogens (tertiary/aromatic N) is 1. The number of ether oxygens (including phenoxy) is 2. The van der Waals surface area contributed by atoms with Crippen molar-refractivity contribution in [1.29, 1.82) is 0 Å². The Morgan fingerprint density at radius 3 is 2.77 bits per heavy atom. The van der Waals surface area contributed by atoms with E-state index in [9.17, 15) is 4.79 Å². The number of aryl methyl sites for hydroxylation is 1. The normalized spacial score (nSPS) is 12.6. The van der Waals surface area contributed by atoms with E-state index in [0.29, 0.717) is 5.75 Å². The molecular weight excluding hydrogens is 278 g/mol. The van der Waals surface area contributed by atoms with Gasteiger partial charge in [-0.25, -0.2) is 0 Å². The van der Waals surface area contributed by atoms with Gasteiger partial charge in [0.1, 0.15) is 0 Å². The fourth-order valence-corrected chi connectivity index (χ4v) is 2.26. The first kappa shape index (κ1) is 14.2. The highest BCUT2D eigenvalue weighted by molar-refractivity contribution is 6.03. The zero-order valence-electron chi connectivity index (χ0n) is 12.6. The molecule has 4 heteroatoms. The molecule has 0 atom stereocenters. The molecule has 1 aliphatic heterocycles. The zero-order valence-corrected chi connectivity index (χ0v) is 12.6. The summed E-state index contributed by atoms with van der Waals surface area (Å²) in [6.07, 6.45) is 3.33. The third-order valence-corrected chi connectivity index (χ3v) is 3.53. The van der Waals surface area contributed by atoms with Crippen molar-refractivity contribution in [3.63, 3.8) is 0 Å².